The molecule has 3 aromatic heterocycles. The van der Waals surface area contributed by atoms with Crippen molar-refractivity contribution in [3.63, 3.8) is 0 Å². The Kier molecular flexibility index (Phi) is 5.67. The van der Waals surface area contributed by atoms with Gasteiger partial charge in [0.15, 0.2) is 0 Å². The summed E-state index contributed by atoms with van der Waals surface area (Å²) in [7, 11) is 0. The van der Waals surface area contributed by atoms with E-state index in [0.29, 0.717) is 29.7 Å². The summed E-state index contributed by atoms with van der Waals surface area (Å²) in [5.74, 6) is 1.32. The first-order valence-electron chi connectivity index (χ1n) is 10.2. The highest BCUT2D eigenvalue weighted by Gasteiger charge is 2.19. The van der Waals surface area contributed by atoms with Gasteiger partial charge in [0, 0.05) is 24.6 Å². The number of nitrogens with zero attached hydrogens (tertiary/aromatic N) is 4. The smallest absolute Gasteiger partial charge is 0.273 e. The third-order valence-electron chi connectivity index (χ3n) is 5.40. The lowest BCUT2D eigenvalue weighted by molar-refractivity contribution is -0.116. The summed E-state index contributed by atoms with van der Waals surface area (Å²) in [5, 5.41) is 13.5. The fraction of sp³-hybridized carbons (Fsp3) is 0.364. The van der Waals surface area contributed by atoms with Crippen LogP contribution in [-0.4, -0.2) is 25.1 Å². The second kappa shape index (κ2) is 8.39. The fourth-order valence-corrected chi connectivity index (χ4v) is 4.37. The van der Waals surface area contributed by atoms with Crippen molar-refractivity contribution >= 4 is 38.9 Å². The van der Waals surface area contributed by atoms with Crippen LogP contribution in [0, 0.1) is 6.92 Å². The molecule has 0 radical (unpaired) electrons. The lowest BCUT2D eigenvalue weighted by Crippen LogP contribution is -2.25. The number of fused-ring (bicyclic) bond motifs is 3. The Morgan fingerprint density at radius 1 is 1.20 bits per heavy atom. The number of carbonyl (C=O) groups excluding carboxylic acids is 1. The Bertz CT molecular complexity index is 1250. The predicted molar refractivity (Wildman–Crippen MR) is 120 cm³/mol. The molecule has 0 bridgehead atoms. The van der Waals surface area contributed by atoms with Crippen LogP contribution in [0.3, 0.4) is 0 Å². The van der Waals surface area contributed by atoms with E-state index in [2.05, 4.69) is 22.4 Å². The highest BCUT2D eigenvalue weighted by molar-refractivity contribution is 7.17. The standard InChI is InChI=1S/C22H25N5O2S/c1-4-15(3)26-21(29)20-17(12-13-30-20)27-18(24-25-22(26)27)6-5-7-19(28)23-16-10-8-14(2)9-11-16/h8-13,15H,4-7H2,1-3H3,(H,23,28)/t15-/m0/s1. The number of amides is 1. The molecule has 0 saturated carbocycles. The van der Waals surface area contributed by atoms with Crippen LogP contribution >= 0.6 is 11.3 Å². The SMILES string of the molecule is CC[C@H](C)n1c(=O)c2sccc2n2c(CCCC(=O)Nc3ccc(C)cc3)nnc12. The van der Waals surface area contributed by atoms with E-state index in [1.165, 1.54) is 11.3 Å². The van der Waals surface area contributed by atoms with Gasteiger partial charge < -0.3 is 5.32 Å². The molecule has 8 heteroatoms. The molecule has 30 heavy (non-hydrogen) atoms. The summed E-state index contributed by atoms with van der Waals surface area (Å²) in [5.41, 5.74) is 2.78. The molecule has 3 heterocycles. The first-order chi connectivity index (χ1) is 14.5. The topological polar surface area (TPSA) is 81.3 Å². The molecular formula is C22H25N5O2S. The van der Waals surface area contributed by atoms with Crippen molar-refractivity contribution in [1.29, 1.82) is 0 Å². The average molecular weight is 424 g/mol. The number of hydrogen-bond acceptors (Lipinski definition) is 5. The van der Waals surface area contributed by atoms with E-state index in [1.54, 1.807) is 4.57 Å². The molecule has 0 aliphatic carbocycles. The first-order valence-corrected chi connectivity index (χ1v) is 11.1. The summed E-state index contributed by atoms with van der Waals surface area (Å²) >= 11 is 1.44. The van der Waals surface area contributed by atoms with Crippen LogP contribution in [-0.2, 0) is 11.2 Å². The maximum atomic E-state index is 13.0. The molecule has 1 N–H and O–H groups in total. The van der Waals surface area contributed by atoms with Crippen LogP contribution in [0.2, 0.25) is 0 Å². The molecule has 0 aliphatic heterocycles. The number of carbonyl (C=O) groups is 1. The van der Waals surface area contributed by atoms with Crippen molar-refractivity contribution in [2.75, 3.05) is 5.32 Å². The molecule has 0 spiro atoms. The number of aryl methyl sites for hydroxylation is 2. The Labute approximate surface area is 178 Å². The highest BCUT2D eigenvalue weighted by Crippen LogP contribution is 2.23. The molecule has 1 aromatic carbocycles. The second-order valence-corrected chi connectivity index (χ2v) is 8.50. The largest absolute Gasteiger partial charge is 0.326 e. The lowest BCUT2D eigenvalue weighted by atomic mass is 10.2. The van der Waals surface area contributed by atoms with Gasteiger partial charge >= 0.3 is 0 Å². The highest BCUT2D eigenvalue weighted by atomic mass is 32.1. The zero-order valence-electron chi connectivity index (χ0n) is 17.4. The number of thiophene rings is 1. The molecule has 0 fully saturated rings. The minimum Gasteiger partial charge on any atom is -0.326 e. The van der Waals surface area contributed by atoms with Gasteiger partial charge in [-0.3, -0.25) is 18.6 Å². The minimum absolute atomic E-state index is 0.0155. The molecule has 1 atom stereocenters. The van der Waals surface area contributed by atoms with E-state index in [0.717, 1.165) is 29.0 Å². The van der Waals surface area contributed by atoms with Crippen LogP contribution in [0.25, 0.3) is 16.0 Å². The van der Waals surface area contributed by atoms with Crippen molar-refractivity contribution in [1.82, 2.24) is 19.2 Å². The molecule has 7 nitrogen and oxygen atoms in total. The Balaban J connectivity index is 1.55. The van der Waals surface area contributed by atoms with Gasteiger partial charge in [-0.25, -0.2) is 0 Å². The van der Waals surface area contributed by atoms with Crippen molar-refractivity contribution < 1.29 is 4.79 Å². The van der Waals surface area contributed by atoms with Gasteiger partial charge in [0.25, 0.3) is 5.56 Å². The zero-order valence-corrected chi connectivity index (χ0v) is 18.2. The van der Waals surface area contributed by atoms with E-state index in [-0.39, 0.29) is 17.5 Å². The lowest BCUT2D eigenvalue weighted by Gasteiger charge is -2.14. The van der Waals surface area contributed by atoms with E-state index in [9.17, 15) is 9.59 Å². The number of rotatable bonds is 7. The van der Waals surface area contributed by atoms with Crippen molar-refractivity contribution in [2.45, 2.75) is 52.5 Å². The molecular weight excluding hydrogens is 398 g/mol. The monoisotopic (exact) mass is 423 g/mol. The van der Waals surface area contributed by atoms with Gasteiger partial charge in [0.1, 0.15) is 10.5 Å². The van der Waals surface area contributed by atoms with Gasteiger partial charge in [-0.2, -0.15) is 0 Å². The van der Waals surface area contributed by atoms with Gasteiger partial charge in [0.2, 0.25) is 11.7 Å². The number of nitrogens with one attached hydrogen (secondary N) is 1. The quantitative estimate of drug-likeness (QED) is 0.479. The molecule has 156 valence electrons. The van der Waals surface area contributed by atoms with Crippen molar-refractivity contribution in [2.24, 2.45) is 0 Å². The summed E-state index contributed by atoms with van der Waals surface area (Å²) < 4.78 is 4.41. The normalized spacial score (nSPS) is 12.5. The van der Waals surface area contributed by atoms with Crippen LogP contribution in [0.15, 0.2) is 40.5 Å². The Morgan fingerprint density at radius 3 is 2.70 bits per heavy atom. The molecule has 0 aliphatic rings. The molecule has 1 amide bonds. The van der Waals surface area contributed by atoms with E-state index < -0.39 is 0 Å². The summed E-state index contributed by atoms with van der Waals surface area (Å²) in [6, 6.07) is 9.72. The number of aromatic nitrogens is 4. The van der Waals surface area contributed by atoms with Crippen molar-refractivity contribution in [3.8, 4) is 0 Å². The number of benzene rings is 1. The zero-order chi connectivity index (χ0) is 21.3. The van der Waals surface area contributed by atoms with Crippen LogP contribution in [0.4, 0.5) is 5.69 Å². The maximum absolute atomic E-state index is 13.0. The van der Waals surface area contributed by atoms with Gasteiger partial charge in [0.05, 0.1) is 5.52 Å². The fourth-order valence-electron chi connectivity index (χ4n) is 3.56. The molecule has 0 unspecified atom stereocenters. The third-order valence-corrected chi connectivity index (χ3v) is 6.29. The van der Waals surface area contributed by atoms with E-state index >= 15 is 0 Å². The first kappa shape index (κ1) is 20.3. The third kappa shape index (κ3) is 3.75. The molecule has 4 rings (SSSR count). The predicted octanol–water partition coefficient (Wildman–Crippen LogP) is 4.35. The van der Waals surface area contributed by atoms with Gasteiger partial charge in [-0.1, -0.05) is 24.6 Å². The molecule has 4 aromatic rings. The van der Waals surface area contributed by atoms with E-state index in [1.807, 2.05) is 54.0 Å². The summed E-state index contributed by atoms with van der Waals surface area (Å²) in [4.78, 5) is 25.2. The summed E-state index contributed by atoms with van der Waals surface area (Å²) in [6.45, 7) is 6.08. The maximum Gasteiger partial charge on any atom is 0.273 e. The Morgan fingerprint density at radius 2 is 1.97 bits per heavy atom. The summed E-state index contributed by atoms with van der Waals surface area (Å²) in [6.07, 6.45) is 2.47. The number of hydrogen-bond donors (Lipinski definition) is 1. The Hall–Kier alpha value is -3.00. The molecule has 0 saturated heterocycles. The second-order valence-electron chi connectivity index (χ2n) is 7.59. The average Bonchev–Trinajstić information content (AvgIpc) is 3.37. The van der Waals surface area contributed by atoms with Crippen LogP contribution in [0.1, 0.15) is 50.5 Å². The van der Waals surface area contributed by atoms with E-state index in [4.69, 9.17) is 0 Å². The van der Waals surface area contributed by atoms with Crippen LogP contribution < -0.4 is 10.9 Å². The van der Waals surface area contributed by atoms with Gasteiger partial charge in [-0.15, -0.1) is 21.5 Å². The van der Waals surface area contributed by atoms with Crippen molar-refractivity contribution in [3.05, 3.63) is 57.5 Å². The minimum atomic E-state index is -0.0233. The number of anilines is 1. The van der Waals surface area contributed by atoms with Crippen LogP contribution in [0.5, 0.6) is 0 Å². The van der Waals surface area contributed by atoms with Gasteiger partial charge in [-0.05, 0) is 50.3 Å².